The van der Waals surface area contributed by atoms with Crippen molar-refractivity contribution in [3.8, 4) is 0 Å². The average molecular weight is 414 g/mol. The van der Waals surface area contributed by atoms with Gasteiger partial charge in [0.1, 0.15) is 0 Å². The summed E-state index contributed by atoms with van der Waals surface area (Å²) in [6.45, 7) is 4.33. The molecule has 4 rings (SSSR count). The SMILES string of the molecule is C[C@@H](NC(=O)CN1CCC(c2nc3cc(Cl)ccc3s2)CC1)c1ccccc1. The molecule has 0 radical (unpaired) electrons. The minimum atomic E-state index is 0.0285. The maximum atomic E-state index is 12.4. The van der Waals surface area contributed by atoms with Crippen LogP contribution < -0.4 is 5.32 Å². The number of benzene rings is 2. The highest BCUT2D eigenvalue weighted by molar-refractivity contribution is 7.18. The van der Waals surface area contributed by atoms with E-state index in [0.717, 1.165) is 42.0 Å². The van der Waals surface area contributed by atoms with Gasteiger partial charge >= 0.3 is 0 Å². The molecule has 1 aromatic heterocycles. The molecule has 146 valence electrons. The highest BCUT2D eigenvalue weighted by Gasteiger charge is 2.24. The van der Waals surface area contributed by atoms with Gasteiger partial charge in [-0.05, 0) is 56.6 Å². The predicted molar refractivity (Wildman–Crippen MR) is 116 cm³/mol. The molecule has 1 aliphatic heterocycles. The minimum absolute atomic E-state index is 0.0285. The molecule has 0 bridgehead atoms. The van der Waals surface area contributed by atoms with Crippen LogP contribution in [0.3, 0.4) is 0 Å². The number of halogens is 1. The molecule has 0 unspecified atom stereocenters. The van der Waals surface area contributed by atoms with Gasteiger partial charge < -0.3 is 5.32 Å². The molecule has 4 nitrogen and oxygen atoms in total. The Kier molecular flexibility index (Phi) is 5.95. The van der Waals surface area contributed by atoms with Gasteiger partial charge in [-0.25, -0.2) is 4.98 Å². The second-order valence-electron chi connectivity index (χ2n) is 7.41. The highest BCUT2D eigenvalue weighted by atomic mass is 35.5. The van der Waals surface area contributed by atoms with Crippen LogP contribution in [-0.4, -0.2) is 35.4 Å². The molecule has 2 aromatic carbocycles. The Morgan fingerprint density at radius 1 is 1.25 bits per heavy atom. The number of carbonyl (C=O) groups excluding carboxylic acids is 1. The number of fused-ring (bicyclic) bond motifs is 1. The lowest BCUT2D eigenvalue weighted by molar-refractivity contribution is -0.123. The first kappa shape index (κ1) is 19.4. The summed E-state index contributed by atoms with van der Waals surface area (Å²) in [4.78, 5) is 19.5. The monoisotopic (exact) mass is 413 g/mol. The molecule has 1 amide bonds. The third-order valence-electron chi connectivity index (χ3n) is 5.35. The molecule has 0 aliphatic carbocycles. The number of nitrogens with zero attached hydrogens (tertiary/aromatic N) is 2. The van der Waals surface area contributed by atoms with Gasteiger partial charge in [0.05, 0.1) is 27.8 Å². The standard InChI is InChI=1S/C22H24ClN3OS/c1-15(16-5-3-2-4-6-16)24-21(27)14-26-11-9-17(10-12-26)22-25-19-13-18(23)7-8-20(19)28-22/h2-8,13,15,17H,9-12,14H2,1H3,(H,24,27)/t15-/m1/s1. The Hall–Kier alpha value is -1.95. The number of amides is 1. The van der Waals surface area contributed by atoms with E-state index in [0.29, 0.717) is 12.5 Å². The van der Waals surface area contributed by atoms with Gasteiger partial charge in [-0.1, -0.05) is 41.9 Å². The third-order valence-corrected chi connectivity index (χ3v) is 6.78. The largest absolute Gasteiger partial charge is 0.348 e. The second kappa shape index (κ2) is 8.60. The number of rotatable bonds is 5. The van der Waals surface area contributed by atoms with Gasteiger partial charge in [0.25, 0.3) is 0 Å². The molecule has 1 N–H and O–H groups in total. The van der Waals surface area contributed by atoms with Crippen LogP contribution in [0.25, 0.3) is 10.2 Å². The summed E-state index contributed by atoms with van der Waals surface area (Å²) in [5, 5.41) is 5.03. The van der Waals surface area contributed by atoms with Crippen molar-refractivity contribution in [1.82, 2.24) is 15.2 Å². The molecule has 28 heavy (non-hydrogen) atoms. The van der Waals surface area contributed by atoms with E-state index in [1.54, 1.807) is 11.3 Å². The van der Waals surface area contributed by atoms with E-state index in [2.05, 4.69) is 10.2 Å². The van der Waals surface area contributed by atoms with Gasteiger partial charge in [0, 0.05) is 10.9 Å². The zero-order valence-electron chi connectivity index (χ0n) is 15.9. The van der Waals surface area contributed by atoms with E-state index in [4.69, 9.17) is 16.6 Å². The second-order valence-corrected chi connectivity index (χ2v) is 8.91. The van der Waals surface area contributed by atoms with Crippen molar-refractivity contribution in [3.63, 3.8) is 0 Å². The third kappa shape index (κ3) is 4.54. The maximum Gasteiger partial charge on any atom is 0.234 e. The van der Waals surface area contributed by atoms with E-state index >= 15 is 0 Å². The number of aromatic nitrogens is 1. The molecule has 0 saturated carbocycles. The number of piperidine rings is 1. The van der Waals surface area contributed by atoms with Gasteiger partial charge in [-0.15, -0.1) is 11.3 Å². The molecule has 1 aliphatic rings. The number of likely N-dealkylation sites (tertiary alicyclic amines) is 1. The fourth-order valence-electron chi connectivity index (χ4n) is 3.75. The lowest BCUT2D eigenvalue weighted by Crippen LogP contribution is -2.41. The fourth-order valence-corrected chi connectivity index (χ4v) is 5.03. The molecule has 0 spiro atoms. The smallest absolute Gasteiger partial charge is 0.234 e. The van der Waals surface area contributed by atoms with Crippen LogP contribution >= 0.6 is 22.9 Å². The van der Waals surface area contributed by atoms with E-state index in [1.807, 2.05) is 55.5 Å². The van der Waals surface area contributed by atoms with Crippen LogP contribution in [0.2, 0.25) is 5.02 Å². The summed E-state index contributed by atoms with van der Waals surface area (Å²) >= 11 is 7.84. The quantitative estimate of drug-likeness (QED) is 0.639. The Bertz CT molecular complexity index is 951. The summed E-state index contributed by atoms with van der Waals surface area (Å²) in [6, 6.07) is 16.0. The normalized spacial score (nSPS) is 16.9. The summed E-state index contributed by atoms with van der Waals surface area (Å²) in [5.74, 6) is 0.558. The van der Waals surface area contributed by atoms with Gasteiger partial charge in [-0.3, -0.25) is 9.69 Å². The zero-order valence-corrected chi connectivity index (χ0v) is 17.5. The van der Waals surface area contributed by atoms with Gasteiger partial charge in [0.15, 0.2) is 0 Å². The van der Waals surface area contributed by atoms with Crippen LogP contribution in [-0.2, 0) is 4.79 Å². The first-order chi connectivity index (χ1) is 13.6. The predicted octanol–water partition coefficient (Wildman–Crippen LogP) is 5.01. The zero-order chi connectivity index (χ0) is 19.5. The number of hydrogen-bond donors (Lipinski definition) is 1. The molecule has 1 saturated heterocycles. The molecule has 3 aromatic rings. The Balaban J connectivity index is 1.29. The molecule has 6 heteroatoms. The van der Waals surface area contributed by atoms with Crippen molar-refractivity contribution in [1.29, 1.82) is 0 Å². The summed E-state index contributed by atoms with van der Waals surface area (Å²) < 4.78 is 1.19. The Morgan fingerprint density at radius 3 is 2.75 bits per heavy atom. The lowest BCUT2D eigenvalue weighted by atomic mass is 9.97. The van der Waals surface area contributed by atoms with Crippen LogP contribution in [0.4, 0.5) is 0 Å². The molecule has 1 fully saturated rings. The molecular weight excluding hydrogens is 390 g/mol. The number of hydrogen-bond acceptors (Lipinski definition) is 4. The minimum Gasteiger partial charge on any atom is -0.348 e. The highest BCUT2D eigenvalue weighted by Crippen LogP contribution is 2.34. The fraction of sp³-hybridized carbons (Fsp3) is 0.364. The summed E-state index contributed by atoms with van der Waals surface area (Å²) in [7, 11) is 0. The number of nitrogens with one attached hydrogen (secondary N) is 1. The summed E-state index contributed by atoms with van der Waals surface area (Å²) in [6.07, 6.45) is 2.07. The van der Waals surface area contributed by atoms with Crippen molar-refractivity contribution < 1.29 is 4.79 Å². The summed E-state index contributed by atoms with van der Waals surface area (Å²) in [5.41, 5.74) is 2.12. The molecule has 1 atom stereocenters. The molecule has 2 heterocycles. The topological polar surface area (TPSA) is 45.2 Å². The van der Waals surface area contributed by atoms with Crippen molar-refractivity contribution in [2.24, 2.45) is 0 Å². The van der Waals surface area contributed by atoms with Crippen molar-refractivity contribution in [3.05, 3.63) is 64.1 Å². The van der Waals surface area contributed by atoms with E-state index in [1.165, 1.54) is 9.71 Å². The van der Waals surface area contributed by atoms with Crippen LogP contribution in [0, 0.1) is 0 Å². The number of thiazole rings is 1. The van der Waals surface area contributed by atoms with Crippen LogP contribution in [0.5, 0.6) is 0 Å². The van der Waals surface area contributed by atoms with Crippen molar-refractivity contribution in [2.75, 3.05) is 19.6 Å². The first-order valence-electron chi connectivity index (χ1n) is 9.71. The van der Waals surface area contributed by atoms with Crippen molar-refractivity contribution in [2.45, 2.75) is 31.7 Å². The van der Waals surface area contributed by atoms with Crippen LogP contribution in [0.1, 0.15) is 42.3 Å². The first-order valence-corrected chi connectivity index (χ1v) is 10.9. The van der Waals surface area contributed by atoms with E-state index in [-0.39, 0.29) is 11.9 Å². The number of carbonyl (C=O) groups is 1. The average Bonchev–Trinajstić information content (AvgIpc) is 3.12. The van der Waals surface area contributed by atoms with Gasteiger partial charge in [0.2, 0.25) is 5.91 Å². The Morgan fingerprint density at radius 2 is 2.00 bits per heavy atom. The maximum absolute atomic E-state index is 12.4. The Labute approximate surface area is 174 Å². The van der Waals surface area contributed by atoms with E-state index in [9.17, 15) is 4.79 Å². The molecular formula is C22H24ClN3OS. The van der Waals surface area contributed by atoms with Crippen molar-refractivity contribution >= 4 is 39.1 Å². The van der Waals surface area contributed by atoms with E-state index < -0.39 is 0 Å². The lowest BCUT2D eigenvalue weighted by Gasteiger charge is -2.30. The van der Waals surface area contributed by atoms with Crippen LogP contribution in [0.15, 0.2) is 48.5 Å². The van der Waals surface area contributed by atoms with Gasteiger partial charge in [-0.2, -0.15) is 0 Å².